The average molecular weight is 1060 g/mol. The van der Waals surface area contributed by atoms with Crippen molar-refractivity contribution in [1.82, 2.24) is 0 Å². The standard InChI is InChI=1S/C52H72Cl2O18/c1-13-30-22-26(6)33(56)18-16-15-17-31(23-66-51-45(65-12)42(61)44(29(9)67-51)69-49(64)35-32(14-2)36(53)39(58)37(54)38(35)57)48(63)68-34(28(8)55)20-19-25(5)21-27(7)43(30)70-50-41(60)40(59)46(52(10,11)72-50)71-47(62)24(3)4/h15-17,19,21-22,28-30,33-34,40-46,50-51,55-61H,3,13-14,18,20,23H2,1-2,4-12H3/b16-15+,25-19+,26-22+,27-21+,31-17+/t28-,29-,30+,33+,34+,40-,41+,42+,43+,44-,45+,46+,50-,51-/m1/s1. The normalized spacial score (nSPS) is 34.7. The SMILES string of the molecule is C=C(C)C(=O)O[C@H]1[C@H](O)[C@H](O)[C@H](O[C@H]2/C(C)=C/C(C)=C/C[C@@H]([C@@H](C)O)OC(=O)/C(CO[C@@H]3O[C@H](C)[C@@H](OC(=O)c4c(O)c(Cl)c(O)c(Cl)c4CC)[C@H](O)[C@@H]3OC)=C/C=C/C[C@H](O)/C(C)=C/[C@@H]2CC)OC1(C)C. The van der Waals surface area contributed by atoms with E-state index in [1.165, 1.54) is 40.0 Å². The predicted octanol–water partition coefficient (Wildman–Crippen LogP) is 6.15. The highest BCUT2D eigenvalue weighted by Gasteiger charge is 2.53. The van der Waals surface area contributed by atoms with E-state index in [-0.39, 0.29) is 41.0 Å². The maximum Gasteiger partial charge on any atom is 0.342 e. The van der Waals surface area contributed by atoms with Crippen LogP contribution < -0.4 is 0 Å². The molecular formula is C52H72Cl2O18. The molecule has 0 amide bonds. The van der Waals surface area contributed by atoms with Gasteiger partial charge in [-0.3, -0.25) is 0 Å². The number of rotatable bonds is 13. The minimum atomic E-state index is -1.64. The molecule has 402 valence electrons. The number of ether oxygens (including phenoxy) is 8. The van der Waals surface area contributed by atoms with Crippen LogP contribution in [0.25, 0.3) is 0 Å². The summed E-state index contributed by atoms with van der Waals surface area (Å²) in [4.78, 5) is 39.9. The lowest BCUT2D eigenvalue weighted by Crippen LogP contribution is -2.64. The lowest BCUT2D eigenvalue weighted by molar-refractivity contribution is -0.332. The molecule has 18 nitrogen and oxygen atoms in total. The summed E-state index contributed by atoms with van der Waals surface area (Å²) in [5.74, 6) is -4.51. The van der Waals surface area contributed by atoms with E-state index in [0.717, 1.165) is 0 Å². The molecule has 3 aliphatic rings. The van der Waals surface area contributed by atoms with Crippen molar-refractivity contribution in [2.75, 3.05) is 13.7 Å². The second-order valence-corrected chi connectivity index (χ2v) is 19.7. The Hall–Kier alpha value is -4.15. The van der Waals surface area contributed by atoms with Crippen molar-refractivity contribution in [2.45, 2.75) is 180 Å². The first-order valence-corrected chi connectivity index (χ1v) is 24.6. The summed E-state index contributed by atoms with van der Waals surface area (Å²) < 4.78 is 47.3. The maximum atomic E-state index is 13.9. The fourth-order valence-electron chi connectivity index (χ4n) is 8.56. The van der Waals surface area contributed by atoms with Crippen molar-refractivity contribution in [2.24, 2.45) is 5.92 Å². The summed E-state index contributed by atoms with van der Waals surface area (Å²) in [5.41, 5.74) is 0.346. The molecule has 4 rings (SSSR count). The zero-order valence-electron chi connectivity index (χ0n) is 42.7. The Labute approximate surface area is 431 Å². The zero-order chi connectivity index (χ0) is 54.1. The second kappa shape index (κ2) is 26.4. The Kier molecular flexibility index (Phi) is 22.1. The van der Waals surface area contributed by atoms with Gasteiger partial charge in [0.05, 0.1) is 41.6 Å². The molecule has 3 heterocycles. The molecule has 72 heavy (non-hydrogen) atoms. The van der Waals surface area contributed by atoms with Crippen LogP contribution in [-0.2, 0) is 53.9 Å². The van der Waals surface area contributed by atoms with E-state index in [1.807, 2.05) is 26.0 Å². The molecule has 2 saturated heterocycles. The van der Waals surface area contributed by atoms with Crippen LogP contribution in [0.15, 0.2) is 70.9 Å². The zero-order valence-corrected chi connectivity index (χ0v) is 44.2. The molecular weight excluding hydrogens is 983 g/mol. The van der Waals surface area contributed by atoms with Gasteiger partial charge in [0.2, 0.25) is 0 Å². The van der Waals surface area contributed by atoms with Crippen LogP contribution in [0.1, 0.15) is 104 Å². The second-order valence-electron chi connectivity index (χ2n) is 19.0. The fraction of sp³-hybridized carbons (Fsp3) is 0.596. The van der Waals surface area contributed by atoms with Gasteiger partial charge < -0.3 is 73.6 Å². The van der Waals surface area contributed by atoms with E-state index >= 15 is 0 Å². The summed E-state index contributed by atoms with van der Waals surface area (Å²) in [6.07, 6.45) is -5.71. The number of carbonyl (C=O) groups is 3. The van der Waals surface area contributed by atoms with Gasteiger partial charge in [-0.1, -0.05) is 79.6 Å². The minimum Gasteiger partial charge on any atom is -0.505 e. The summed E-state index contributed by atoms with van der Waals surface area (Å²) in [6.45, 7) is 19.7. The molecule has 7 N–H and O–H groups in total. The number of cyclic esters (lactones) is 1. The van der Waals surface area contributed by atoms with E-state index < -0.39 is 138 Å². The maximum absolute atomic E-state index is 13.9. The van der Waals surface area contributed by atoms with Gasteiger partial charge in [0, 0.05) is 25.0 Å². The number of allylic oxidation sites excluding steroid dienone is 4. The highest BCUT2D eigenvalue weighted by Crippen LogP contribution is 2.45. The van der Waals surface area contributed by atoms with Gasteiger partial charge in [-0.2, -0.15) is 0 Å². The number of aliphatic hydroxyl groups is 5. The number of phenols is 2. The largest absolute Gasteiger partial charge is 0.505 e. The molecule has 0 radical (unpaired) electrons. The molecule has 3 aliphatic heterocycles. The number of hydrogen-bond acceptors (Lipinski definition) is 18. The summed E-state index contributed by atoms with van der Waals surface area (Å²) in [7, 11) is 1.26. The van der Waals surface area contributed by atoms with Gasteiger partial charge in [-0.05, 0) is 97.4 Å². The van der Waals surface area contributed by atoms with Gasteiger partial charge in [-0.25, -0.2) is 14.4 Å². The smallest absolute Gasteiger partial charge is 0.342 e. The topological polar surface area (TPSA) is 267 Å². The van der Waals surface area contributed by atoms with Gasteiger partial charge in [0.15, 0.2) is 36.3 Å². The van der Waals surface area contributed by atoms with E-state index in [1.54, 1.807) is 46.8 Å². The number of benzene rings is 1. The lowest BCUT2D eigenvalue weighted by Gasteiger charge is -2.47. The Morgan fingerprint density at radius 2 is 1.61 bits per heavy atom. The van der Waals surface area contributed by atoms with Gasteiger partial charge in [0.1, 0.15) is 46.7 Å². The molecule has 0 unspecified atom stereocenters. The molecule has 0 aliphatic carbocycles. The number of phenolic OH excluding ortho intramolecular Hbond substituents is 2. The molecule has 0 bridgehead atoms. The first-order chi connectivity index (χ1) is 33.7. The first kappa shape index (κ1) is 60.4. The van der Waals surface area contributed by atoms with Crippen molar-refractivity contribution in [1.29, 1.82) is 0 Å². The Morgan fingerprint density at radius 3 is 2.21 bits per heavy atom. The van der Waals surface area contributed by atoms with Crippen LogP contribution in [0.2, 0.25) is 10.0 Å². The number of carbonyl (C=O) groups excluding carboxylic acids is 3. The third-order valence-electron chi connectivity index (χ3n) is 12.9. The van der Waals surface area contributed by atoms with Crippen LogP contribution in [-0.4, -0.2) is 153 Å². The predicted molar refractivity (Wildman–Crippen MR) is 265 cm³/mol. The third-order valence-corrected chi connectivity index (χ3v) is 13.6. The van der Waals surface area contributed by atoms with Crippen LogP contribution in [0, 0.1) is 5.92 Å². The Balaban J connectivity index is 1.61. The first-order valence-electron chi connectivity index (χ1n) is 23.8. The molecule has 1 aromatic carbocycles. The van der Waals surface area contributed by atoms with E-state index in [4.69, 9.17) is 61.1 Å². The van der Waals surface area contributed by atoms with Gasteiger partial charge in [-0.15, -0.1) is 0 Å². The highest BCUT2D eigenvalue weighted by molar-refractivity contribution is 6.39. The summed E-state index contributed by atoms with van der Waals surface area (Å²) >= 11 is 12.3. The Bertz CT molecular complexity index is 2270. The summed E-state index contributed by atoms with van der Waals surface area (Å²) in [6, 6.07) is 0. The molecule has 1 aromatic rings. The third kappa shape index (κ3) is 14.6. The highest BCUT2D eigenvalue weighted by atomic mass is 35.5. The Morgan fingerprint density at radius 1 is 0.944 bits per heavy atom. The molecule has 0 spiro atoms. The van der Waals surface area contributed by atoms with E-state index in [9.17, 15) is 50.1 Å². The van der Waals surface area contributed by atoms with Crippen molar-refractivity contribution < 1.29 is 88.0 Å². The fourth-order valence-corrected chi connectivity index (χ4v) is 9.12. The van der Waals surface area contributed by atoms with Crippen LogP contribution in [0.5, 0.6) is 11.5 Å². The number of aromatic hydroxyl groups is 2. The lowest BCUT2D eigenvalue weighted by atomic mass is 9.88. The minimum absolute atomic E-state index is 0.0410. The molecule has 2 fully saturated rings. The van der Waals surface area contributed by atoms with Gasteiger partial charge in [0.25, 0.3) is 0 Å². The monoisotopic (exact) mass is 1050 g/mol. The molecule has 20 heteroatoms. The van der Waals surface area contributed by atoms with Crippen LogP contribution in [0.4, 0.5) is 0 Å². The van der Waals surface area contributed by atoms with Crippen molar-refractivity contribution in [3.8, 4) is 11.5 Å². The van der Waals surface area contributed by atoms with E-state index in [2.05, 4.69) is 6.58 Å². The average Bonchev–Trinajstić information content (AvgIpc) is 3.32. The number of halogens is 2. The summed E-state index contributed by atoms with van der Waals surface area (Å²) in [5, 5.41) is 76.4. The number of hydrogen-bond donors (Lipinski definition) is 7. The van der Waals surface area contributed by atoms with Crippen LogP contribution >= 0.6 is 23.2 Å². The quantitative estimate of drug-likeness (QED) is 0.0505. The van der Waals surface area contributed by atoms with Crippen LogP contribution in [0.3, 0.4) is 0 Å². The number of esters is 3. The molecule has 0 saturated carbocycles. The van der Waals surface area contributed by atoms with E-state index in [0.29, 0.717) is 23.1 Å². The number of methoxy groups -OCH3 is 1. The van der Waals surface area contributed by atoms with Crippen molar-refractivity contribution >= 4 is 41.1 Å². The van der Waals surface area contributed by atoms with Gasteiger partial charge >= 0.3 is 17.9 Å². The molecule has 0 aromatic heterocycles. The molecule has 14 atom stereocenters. The number of aliphatic hydroxyl groups excluding tert-OH is 5. The van der Waals surface area contributed by atoms with Crippen molar-refractivity contribution in [3.05, 3.63) is 92.1 Å². The van der Waals surface area contributed by atoms with Crippen molar-refractivity contribution in [3.63, 3.8) is 0 Å².